The first-order chi connectivity index (χ1) is 9.19. The molecule has 0 aliphatic rings. The fraction of sp³-hybridized carbons (Fsp3) is 0.250. The summed E-state index contributed by atoms with van der Waals surface area (Å²) >= 11 is 1.29. The fourth-order valence-corrected chi connectivity index (χ4v) is 2.24. The van der Waals surface area contributed by atoms with Gasteiger partial charge in [-0.3, -0.25) is 9.59 Å². The number of esters is 1. The Morgan fingerprint density at radius 2 is 2.00 bits per heavy atom. The van der Waals surface area contributed by atoms with Gasteiger partial charge in [0.2, 0.25) is 0 Å². The van der Waals surface area contributed by atoms with E-state index in [1.807, 2.05) is 24.3 Å². The lowest BCUT2D eigenvalue weighted by atomic mass is 10.3. The lowest BCUT2D eigenvalue weighted by molar-refractivity contribution is -0.152. The highest BCUT2D eigenvalue weighted by atomic mass is 32.1. The Morgan fingerprint density at radius 3 is 2.74 bits per heavy atom. The molecule has 7 heteroatoms. The van der Waals surface area contributed by atoms with Crippen molar-refractivity contribution in [2.24, 2.45) is 0 Å². The third-order valence-electron chi connectivity index (χ3n) is 2.22. The van der Waals surface area contributed by atoms with Crippen LogP contribution in [0.5, 0.6) is 5.19 Å². The van der Waals surface area contributed by atoms with Gasteiger partial charge in [-0.1, -0.05) is 23.5 Å². The van der Waals surface area contributed by atoms with Crippen molar-refractivity contribution >= 4 is 33.5 Å². The van der Waals surface area contributed by atoms with Crippen molar-refractivity contribution in [3.8, 4) is 5.19 Å². The first-order valence-electron chi connectivity index (χ1n) is 5.61. The van der Waals surface area contributed by atoms with E-state index in [1.165, 1.54) is 18.4 Å². The molecule has 2 rings (SSSR count). The van der Waals surface area contributed by atoms with Crippen LogP contribution in [-0.4, -0.2) is 24.0 Å². The maximum Gasteiger partial charge on any atom is 0.325 e. The van der Waals surface area contributed by atoms with E-state index < -0.39 is 11.9 Å². The standard InChI is InChI=1S/C12H12N2O4S/c1-13-18-11(16)7-6-10(15)17-12-14-8-4-2-3-5-9(8)19-12/h2-5,13H,6-7H2,1H3. The molecule has 0 bridgehead atoms. The van der Waals surface area contributed by atoms with Gasteiger partial charge >= 0.3 is 11.9 Å². The molecule has 1 N–H and O–H groups in total. The van der Waals surface area contributed by atoms with Crippen LogP contribution < -0.4 is 10.2 Å². The van der Waals surface area contributed by atoms with Crippen molar-refractivity contribution < 1.29 is 19.2 Å². The molecule has 0 spiro atoms. The summed E-state index contributed by atoms with van der Waals surface area (Å²) in [6, 6.07) is 7.49. The molecule has 0 fully saturated rings. The van der Waals surface area contributed by atoms with E-state index in [0.29, 0.717) is 0 Å². The van der Waals surface area contributed by atoms with E-state index >= 15 is 0 Å². The maximum absolute atomic E-state index is 11.5. The quantitative estimate of drug-likeness (QED) is 0.663. The van der Waals surface area contributed by atoms with Gasteiger partial charge in [0.25, 0.3) is 5.19 Å². The first-order valence-corrected chi connectivity index (χ1v) is 6.43. The zero-order chi connectivity index (χ0) is 13.7. The molecule has 1 heterocycles. The van der Waals surface area contributed by atoms with Gasteiger partial charge in [-0.15, -0.1) is 0 Å². The molecule has 0 amide bonds. The SMILES string of the molecule is CNOC(=O)CCC(=O)Oc1nc2ccccc2s1. The number of rotatable bonds is 5. The molecule has 0 aliphatic heterocycles. The van der Waals surface area contributed by atoms with Crippen molar-refractivity contribution in [2.45, 2.75) is 12.8 Å². The smallest absolute Gasteiger partial charge is 0.325 e. The minimum absolute atomic E-state index is 0.0371. The number of fused-ring (bicyclic) bond motifs is 1. The molecule has 100 valence electrons. The Labute approximate surface area is 113 Å². The second kappa shape index (κ2) is 6.26. The van der Waals surface area contributed by atoms with Crippen LogP contribution in [0.4, 0.5) is 0 Å². The van der Waals surface area contributed by atoms with Crippen molar-refractivity contribution in [2.75, 3.05) is 7.05 Å². The van der Waals surface area contributed by atoms with Gasteiger partial charge in [-0.2, -0.15) is 5.48 Å². The average molecular weight is 280 g/mol. The molecule has 0 saturated heterocycles. The summed E-state index contributed by atoms with van der Waals surface area (Å²) in [4.78, 5) is 31.2. The number of carbonyl (C=O) groups excluding carboxylic acids is 2. The van der Waals surface area contributed by atoms with Gasteiger partial charge in [-0.25, -0.2) is 4.98 Å². The number of hydrogen-bond acceptors (Lipinski definition) is 7. The highest BCUT2D eigenvalue weighted by molar-refractivity contribution is 7.20. The molecule has 1 aromatic heterocycles. The molecule has 19 heavy (non-hydrogen) atoms. The van der Waals surface area contributed by atoms with Gasteiger partial charge in [0.15, 0.2) is 0 Å². The fourth-order valence-electron chi connectivity index (χ4n) is 1.41. The number of aromatic nitrogens is 1. The monoisotopic (exact) mass is 280 g/mol. The predicted molar refractivity (Wildman–Crippen MR) is 69.6 cm³/mol. The van der Waals surface area contributed by atoms with E-state index in [4.69, 9.17) is 4.74 Å². The summed E-state index contributed by atoms with van der Waals surface area (Å²) in [5.74, 6) is -1.02. The molecule has 0 radical (unpaired) electrons. The zero-order valence-electron chi connectivity index (χ0n) is 10.2. The Kier molecular flexibility index (Phi) is 4.43. The summed E-state index contributed by atoms with van der Waals surface area (Å²) < 4.78 is 6.01. The van der Waals surface area contributed by atoms with Crippen LogP contribution in [0.3, 0.4) is 0 Å². The van der Waals surface area contributed by atoms with Crippen LogP contribution in [0.1, 0.15) is 12.8 Å². The Morgan fingerprint density at radius 1 is 1.26 bits per heavy atom. The second-order valence-corrected chi connectivity index (χ2v) is 4.59. The van der Waals surface area contributed by atoms with Crippen LogP contribution in [0.2, 0.25) is 0 Å². The lowest BCUT2D eigenvalue weighted by Gasteiger charge is -2.01. The number of thiazole rings is 1. The molecule has 0 aliphatic carbocycles. The minimum atomic E-state index is -0.510. The largest absolute Gasteiger partial charge is 0.398 e. The number of benzene rings is 1. The summed E-state index contributed by atoms with van der Waals surface area (Å²) in [6.07, 6.45) is -0.0823. The molecular weight excluding hydrogens is 268 g/mol. The van der Waals surface area contributed by atoms with E-state index in [-0.39, 0.29) is 18.0 Å². The van der Waals surface area contributed by atoms with Crippen LogP contribution in [0.15, 0.2) is 24.3 Å². The van der Waals surface area contributed by atoms with Crippen LogP contribution in [0.25, 0.3) is 10.2 Å². The minimum Gasteiger partial charge on any atom is -0.398 e. The normalized spacial score (nSPS) is 10.4. The predicted octanol–water partition coefficient (Wildman–Crippen LogP) is 1.66. The highest BCUT2D eigenvalue weighted by Gasteiger charge is 2.12. The summed E-state index contributed by atoms with van der Waals surface area (Å²) in [6.45, 7) is 0. The number of hydrogen-bond donors (Lipinski definition) is 1. The topological polar surface area (TPSA) is 77.5 Å². The maximum atomic E-state index is 11.5. The van der Waals surface area contributed by atoms with E-state index in [2.05, 4.69) is 15.3 Å². The molecular formula is C12H12N2O4S. The van der Waals surface area contributed by atoms with Crippen molar-refractivity contribution in [1.82, 2.24) is 10.5 Å². The number of nitrogens with zero attached hydrogens (tertiary/aromatic N) is 1. The lowest BCUT2D eigenvalue weighted by Crippen LogP contribution is -2.17. The Bertz CT molecular complexity index is 563. The van der Waals surface area contributed by atoms with Crippen LogP contribution >= 0.6 is 11.3 Å². The van der Waals surface area contributed by atoms with Crippen molar-refractivity contribution in [3.05, 3.63) is 24.3 Å². The highest BCUT2D eigenvalue weighted by Crippen LogP contribution is 2.27. The molecule has 0 saturated carbocycles. The summed E-state index contributed by atoms with van der Waals surface area (Å²) in [5.41, 5.74) is 3.03. The molecule has 1 aromatic carbocycles. The molecule has 0 atom stereocenters. The number of para-hydroxylation sites is 1. The third kappa shape index (κ3) is 3.73. The number of nitrogens with one attached hydrogen (secondary N) is 1. The number of ether oxygens (including phenoxy) is 1. The van der Waals surface area contributed by atoms with E-state index in [9.17, 15) is 9.59 Å². The van der Waals surface area contributed by atoms with Crippen LogP contribution in [-0.2, 0) is 14.4 Å². The van der Waals surface area contributed by atoms with Crippen molar-refractivity contribution in [3.63, 3.8) is 0 Å². The number of hydroxylamine groups is 1. The summed E-state index contributed by atoms with van der Waals surface area (Å²) in [7, 11) is 1.47. The zero-order valence-corrected chi connectivity index (χ0v) is 11.0. The molecule has 6 nitrogen and oxygen atoms in total. The van der Waals surface area contributed by atoms with Gasteiger partial charge in [-0.05, 0) is 12.1 Å². The van der Waals surface area contributed by atoms with Gasteiger partial charge in [0.05, 0.1) is 23.1 Å². The van der Waals surface area contributed by atoms with E-state index in [1.54, 1.807) is 0 Å². The van der Waals surface area contributed by atoms with Gasteiger partial charge < -0.3 is 9.57 Å². The Hall–Kier alpha value is -1.99. The van der Waals surface area contributed by atoms with Crippen molar-refractivity contribution in [1.29, 1.82) is 0 Å². The van der Waals surface area contributed by atoms with E-state index in [0.717, 1.165) is 10.2 Å². The van der Waals surface area contributed by atoms with Gasteiger partial charge in [0, 0.05) is 7.05 Å². The average Bonchev–Trinajstić information content (AvgIpc) is 2.78. The molecule has 2 aromatic rings. The summed E-state index contributed by atoms with van der Waals surface area (Å²) in [5, 5.41) is 0.285. The van der Waals surface area contributed by atoms with Gasteiger partial charge in [0.1, 0.15) is 0 Å². The first kappa shape index (κ1) is 13.4. The van der Waals surface area contributed by atoms with Crippen LogP contribution in [0, 0.1) is 0 Å². The molecule has 0 unspecified atom stereocenters. The third-order valence-corrected chi connectivity index (χ3v) is 3.14. The second-order valence-electron chi connectivity index (χ2n) is 3.60. The Balaban J connectivity index is 1.90. The number of carbonyl (C=O) groups is 2.